The Morgan fingerprint density at radius 2 is 1.85 bits per heavy atom. The number of aryl methyl sites for hydroxylation is 2. The summed E-state index contributed by atoms with van der Waals surface area (Å²) >= 11 is 1.60. The summed E-state index contributed by atoms with van der Waals surface area (Å²) in [4.78, 5) is 1.14. The number of benzene rings is 2. The third-order valence-corrected chi connectivity index (χ3v) is 4.32. The highest BCUT2D eigenvalue weighted by atomic mass is 32.2. The molecule has 2 N–H and O–H groups in total. The third kappa shape index (κ3) is 3.63. The second-order valence-electron chi connectivity index (χ2n) is 4.77. The van der Waals surface area contributed by atoms with Crippen LogP contribution in [0.3, 0.4) is 0 Å². The van der Waals surface area contributed by atoms with Gasteiger partial charge in [0.15, 0.2) is 0 Å². The molecule has 0 atom stereocenters. The number of thioether (sulfide) groups is 1. The fourth-order valence-corrected chi connectivity index (χ4v) is 3.08. The molecular formula is C15H16BFO2S. The molecule has 2 rings (SSSR count). The molecule has 0 aliphatic heterocycles. The minimum absolute atomic E-state index is 0.224. The average Bonchev–Trinajstić information content (AvgIpc) is 2.38. The van der Waals surface area contributed by atoms with Crippen LogP contribution in [0.1, 0.15) is 16.7 Å². The van der Waals surface area contributed by atoms with Gasteiger partial charge in [0, 0.05) is 10.6 Å². The van der Waals surface area contributed by atoms with Crippen LogP contribution in [0.25, 0.3) is 0 Å². The number of hydrogen-bond acceptors (Lipinski definition) is 3. The van der Waals surface area contributed by atoms with E-state index in [2.05, 4.69) is 6.07 Å². The Labute approximate surface area is 122 Å². The first-order chi connectivity index (χ1) is 9.47. The maximum atomic E-state index is 13.2. The molecule has 0 heterocycles. The van der Waals surface area contributed by atoms with Crippen molar-refractivity contribution in [2.24, 2.45) is 0 Å². The predicted octanol–water partition coefficient (Wildman–Crippen LogP) is 2.41. The summed E-state index contributed by atoms with van der Waals surface area (Å²) in [5, 5.41) is 18.6. The van der Waals surface area contributed by atoms with Gasteiger partial charge in [-0.25, -0.2) is 4.39 Å². The van der Waals surface area contributed by atoms with E-state index in [0.29, 0.717) is 5.75 Å². The maximum absolute atomic E-state index is 13.2. The molecule has 0 aromatic heterocycles. The summed E-state index contributed by atoms with van der Waals surface area (Å²) in [6.45, 7) is 4.09. The Bertz CT molecular complexity index is 617. The van der Waals surface area contributed by atoms with Crippen molar-refractivity contribution < 1.29 is 14.4 Å². The zero-order valence-corrected chi connectivity index (χ0v) is 12.2. The standard InChI is InChI=1S/C15H16BFO2S/c1-10-3-6-15(11(2)7-10)20-9-12-4-5-13(17)8-14(12)16(18)19/h3-8,18-19H,9H2,1-2H3. The molecule has 2 aromatic carbocycles. The van der Waals surface area contributed by atoms with E-state index >= 15 is 0 Å². The highest BCUT2D eigenvalue weighted by Gasteiger charge is 2.17. The maximum Gasteiger partial charge on any atom is 0.488 e. The van der Waals surface area contributed by atoms with Crippen molar-refractivity contribution >= 4 is 24.3 Å². The van der Waals surface area contributed by atoms with Crippen molar-refractivity contribution in [3.8, 4) is 0 Å². The molecule has 0 radical (unpaired) electrons. The summed E-state index contributed by atoms with van der Waals surface area (Å²) in [6.07, 6.45) is 0. The van der Waals surface area contributed by atoms with E-state index in [0.717, 1.165) is 10.5 Å². The van der Waals surface area contributed by atoms with E-state index < -0.39 is 12.9 Å². The topological polar surface area (TPSA) is 40.5 Å². The Kier molecular flexibility index (Phi) is 4.86. The fraction of sp³-hybridized carbons (Fsp3) is 0.200. The van der Waals surface area contributed by atoms with Gasteiger partial charge in [-0.1, -0.05) is 23.8 Å². The van der Waals surface area contributed by atoms with Crippen molar-refractivity contribution in [3.63, 3.8) is 0 Å². The molecule has 0 aliphatic carbocycles. The Balaban J connectivity index is 2.18. The minimum Gasteiger partial charge on any atom is -0.423 e. The quantitative estimate of drug-likeness (QED) is 0.671. The van der Waals surface area contributed by atoms with Crippen LogP contribution < -0.4 is 5.46 Å². The van der Waals surface area contributed by atoms with E-state index in [-0.39, 0.29) is 5.46 Å². The molecule has 0 unspecified atom stereocenters. The van der Waals surface area contributed by atoms with Crippen LogP contribution >= 0.6 is 11.8 Å². The third-order valence-electron chi connectivity index (χ3n) is 3.10. The van der Waals surface area contributed by atoms with Gasteiger partial charge < -0.3 is 10.0 Å². The van der Waals surface area contributed by atoms with Gasteiger partial charge >= 0.3 is 7.12 Å². The first kappa shape index (κ1) is 15.1. The molecule has 0 bridgehead atoms. The molecule has 0 saturated carbocycles. The summed E-state index contributed by atoms with van der Waals surface area (Å²) < 4.78 is 13.2. The molecule has 2 aromatic rings. The number of halogens is 1. The van der Waals surface area contributed by atoms with Crippen molar-refractivity contribution in [2.75, 3.05) is 0 Å². The van der Waals surface area contributed by atoms with Crippen molar-refractivity contribution in [3.05, 3.63) is 58.9 Å². The normalized spacial score (nSPS) is 10.7. The van der Waals surface area contributed by atoms with Crippen molar-refractivity contribution in [2.45, 2.75) is 24.5 Å². The zero-order valence-electron chi connectivity index (χ0n) is 11.4. The molecule has 2 nitrogen and oxygen atoms in total. The zero-order chi connectivity index (χ0) is 14.7. The summed E-state index contributed by atoms with van der Waals surface area (Å²) in [6, 6.07) is 10.3. The lowest BCUT2D eigenvalue weighted by molar-refractivity contribution is 0.425. The lowest BCUT2D eigenvalue weighted by atomic mass is 9.77. The van der Waals surface area contributed by atoms with E-state index in [1.807, 2.05) is 26.0 Å². The summed E-state index contributed by atoms with van der Waals surface area (Å²) in [5.74, 6) is 0.102. The molecule has 5 heteroatoms. The molecule has 0 aliphatic rings. The molecule has 0 spiro atoms. The van der Waals surface area contributed by atoms with Crippen molar-refractivity contribution in [1.29, 1.82) is 0 Å². The van der Waals surface area contributed by atoms with Gasteiger partial charge in [-0.15, -0.1) is 11.8 Å². The van der Waals surface area contributed by atoms with E-state index in [1.54, 1.807) is 17.8 Å². The van der Waals surface area contributed by atoms with Crippen molar-refractivity contribution in [1.82, 2.24) is 0 Å². The first-order valence-electron chi connectivity index (χ1n) is 6.32. The highest BCUT2D eigenvalue weighted by molar-refractivity contribution is 7.98. The van der Waals surface area contributed by atoms with E-state index in [1.165, 1.54) is 23.3 Å². The first-order valence-corrected chi connectivity index (χ1v) is 7.30. The van der Waals surface area contributed by atoms with Gasteiger partial charge in [0.25, 0.3) is 0 Å². The minimum atomic E-state index is -1.65. The van der Waals surface area contributed by atoms with Crippen LogP contribution in [0, 0.1) is 19.7 Å². The highest BCUT2D eigenvalue weighted by Crippen LogP contribution is 2.26. The smallest absolute Gasteiger partial charge is 0.423 e. The average molecular weight is 290 g/mol. The fourth-order valence-electron chi connectivity index (χ4n) is 2.05. The molecule has 104 valence electrons. The number of hydrogen-bond donors (Lipinski definition) is 2. The second kappa shape index (κ2) is 6.44. The Morgan fingerprint density at radius 3 is 2.50 bits per heavy atom. The lowest BCUT2D eigenvalue weighted by Gasteiger charge is -2.10. The van der Waals surface area contributed by atoms with Crippen LogP contribution in [-0.4, -0.2) is 17.2 Å². The van der Waals surface area contributed by atoms with Gasteiger partial charge in [-0.05, 0) is 48.6 Å². The van der Waals surface area contributed by atoms with E-state index in [4.69, 9.17) is 0 Å². The van der Waals surface area contributed by atoms with Gasteiger partial charge in [0.1, 0.15) is 5.82 Å². The largest absolute Gasteiger partial charge is 0.488 e. The Morgan fingerprint density at radius 1 is 1.10 bits per heavy atom. The van der Waals surface area contributed by atoms with Gasteiger partial charge in [-0.2, -0.15) is 0 Å². The van der Waals surface area contributed by atoms with Crippen LogP contribution in [0.4, 0.5) is 4.39 Å². The van der Waals surface area contributed by atoms with Crippen LogP contribution in [-0.2, 0) is 5.75 Å². The molecule has 20 heavy (non-hydrogen) atoms. The Hall–Kier alpha value is -1.30. The van der Waals surface area contributed by atoms with Crippen LogP contribution in [0.15, 0.2) is 41.3 Å². The van der Waals surface area contributed by atoms with Gasteiger partial charge in [-0.3, -0.25) is 0 Å². The van der Waals surface area contributed by atoms with Gasteiger partial charge in [0.05, 0.1) is 0 Å². The lowest BCUT2D eigenvalue weighted by Crippen LogP contribution is -2.33. The second-order valence-corrected chi connectivity index (χ2v) is 5.79. The SMILES string of the molecule is Cc1ccc(SCc2ccc(F)cc2B(O)O)c(C)c1. The summed E-state index contributed by atoms with van der Waals surface area (Å²) in [7, 11) is -1.65. The summed E-state index contributed by atoms with van der Waals surface area (Å²) in [5.41, 5.74) is 3.34. The van der Waals surface area contributed by atoms with Crippen LogP contribution in [0.2, 0.25) is 0 Å². The molecule has 0 fully saturated rings. The predicted molar refractivity (Wildman–Crippen MR) is 81.7 cm³/mol. The van der Waals surface area contributed by atoms with Gasteiger partial charge in [0.2, 0.25) is 0 Å². The number of rotatable bonds is 4. The molecule has 0 saturated heterocycles. The monoisotopic (exact) mass is 290 g/mol. The van der Waals surface area contributed by atoms with E-state index in [9.17, 15) is 14.4 Å². The molecule has 0 amide bonds. The molecular weight excluding hydrogens is 274 g/mol. The van der Waals surface area contributed by atoms with Crippen LogP contribution in [0.5, 0.6) is 0 Å².